The van der Waals surface area contributed by atoms with Crippen LogP contribution >= 0.6 is 0 Å². The summed E-state index contributed by atoms with van der Waals surface area (Å²) in [5, 5.41) is 0. The van der Waals surface area contributed by atoms with Gasteiger partial charge in [-0.25, -0.2) is 0 Å². The van der Waals surface area contributed by atoms with Gasteiger partial charge in [0.2, 0.25) is 5.91 Å². The number of hydrogen-bond donors (Lipinski definition) is 1. The summed E-state index contributed by atoms with van der Waals surface area (Å²) in [6, 6.07) is 0. The highest BCUT2D eigenvalue weighted by molar-refractivity contribution is 5.75. The molecule has 0 aliphatic carbocycles. The second-order valence-corrected chi connectivity index (χ2v) is 2.88. The monoisotopic (exact) mass is 159 g/mol. The Balaban J connectivity index is 0.000000183. The van der Waals surface area contributed by atoms with Gasteiger partial charge in [-0.3, -0.25) is 4.79 Å². The third-order valence-electron chi connectivity index (χ3n) is 1.40. The molecule has 1 aliphatic heterocycles. The first-order valence-corrected chi connectivity index (χ1v) is 4.01. The normalized spacial score (nSPS) is 15.9. The van der Waals surface area contributed by atoms with E-state index in [1.165, 1.54) is 12.8 Å². The van der Waals surface area contributed by atoms with E-state index >= 15 is 0 Å². The van der Waals surface area contributed by atoms with Gasteiger partial charge in [-0.2, -0.15) is 0 Å². The Morgan fingerprint density at radius 1 is 1.36 bits per heavy atom. The zero-order valence-corrected chi connectivity index (χ0v) is 7.30. The van der Waals surface area contributed by atoms with E-state index in [0.29, 0.717) is 0 Å². The summed E-state index contributed by atoms with van der Waals surface area (Å²) in [6.45, 7) is 5.53. The molecule has 0 aromatic rings. The Morgan fingerprint density at radius 3 is 1.82 bits per heavy atom. The van der Waals surface area contributed by atoms with Gasteiger partial charge >= 0.3 is 0 Å². The number of nitrogens with two attached hydrogens (primary N) is 1. The molecule has 1 saturated heterocycles. The first kappa shape index (κ1) is 10.4. The SMILES string of the molecule is C1CCOC1.CC(C)C(N)=O. The molecule has 0 saturated carbocycles. The van der Waals surface area contributed by atoms with Crippen LogP contribution < -0.4 is 5.73 Å². The largest absolute Gasteiger partial charge is 0.381 e. The van der Waals surface area contributed by atoms with Gasteiger partial charge in [0.25, 0.3) is 0 Å². The van der Waals surface area contributed by atoms with E-state index in [9.17, 15) is 4.79 Å². The highest BCUT2D eigenvalue weighted by Crippen LogP contribution is 1.98. The number of ether oxygens (including phenoxy) is 1. The lowest BCUT2D eigenvalue weighted by molar-refractivity contribution is -0.120. The molecular formula is C8H17NO2. The summed E-state index contributed by atoms with van der Waals surface area (Å²) in [5.41, 5.74) is 4.80. The zero-order valence-electron chi connectivity index (χ0n) is 7.30. The van der Waals surface area contributed by atoms with Crippen LogP contribution in [0.3, 0.4) is 0 Å². The summed E-state index contributed by atoms with van der Waals surface area (Å²) < 4.78 is 4.94. The van der Waals surface area contributed by atoms with Crippen LogP contribution in [0, 0.1) is 5.92 Å². The molecule has 1 fully saturated rings. The molecule has 0 atom stereocenters. The fourth-order valence-corrected chi connectivity index (χ4v) is 0.510. The van der Waals surface area contributed by atoms with E-state index in [1.54, 1.807) is 13.8 Å². The molecule has 1 amide bonds. The summed E-state index contributed by atoms with van der Waals surface area (Å²) >= 11 is 0. The molecule has 1 rings (SSSR count). The topological polar surface area (TPSA) is 52.3 Å². The van der Waals surface area contributed by atoms with Crippen molar-refractivity contribution in [1.82, 2.24) is 0 Å². The smallest absolute Gasteiger partial charge is 0.219 e. The maximum atomic E-state index is 9.92. The van der Waals surface area contributed by atoms with E-state index in [4.69, 9.17) is 10.5 Å². The lowest BCUT2D eigenvalue weighted by atomic mass is 10.2. The van der Waals surface area contributed by atoms with E-state index in [1.807, 2.05) is 0 Å². The number of rotatable bonds is 1. The van der Waals surface area contributed by atoms with Crippen molar-refractivity contribution in [1.29, 1.82) is 0 Å². The molecule has 66 valence electrons. The van der Waals surface area contributed by atoms with Crippen LogP contribution in [0.1, 0.15) is 26.7 Å². The fourth-order valence-electron chi connectivity index (χ4n) is 0.510. The quantitative estimate of drug-likeness (QED) is 0.618. The van der Waals surface area contributed by atoms with Gasteiger partial charge in [-0.15, -0.1) is 0 Å². The molecule has 0 radical (unpaired) electrons. The maximum absolute atomic E-state index is 9.92. The van der Waals surface area contributed by atoms with Crippen LogP contribution in [0.25, 0.3) is 0 Å². The Hall–Kier alpha value is -0.570. The molecule has 2 N–H and O–H groups in total. The van der Waals surface area contributed by atoms with Crippen molar-refractivity contribution >= 4 is 5.91 Å². The molecule has 0 aromatic heterocycles. The Kier molecular flexibility index (Phi) is 5.84. The Labute approximate surface area is 67.9 Å². The average Bonchev–Trinajstić information content (AvgIpc) is 2.41. The number of carbonyl (C=O) groups is 1. The number of hydrogen-bond acceptors (Lipinski definition) is 2. The van der Waals surface area contributed by atoms with Crippen LogP contribution in [0.15, 0.2) is 0 Å². The molecule has 0 bridgehead atoms. The predicted molar refractivity (Wildman–Crippen MR) is 44.1 cm³/mol. The van der Waals surface area contributed by atoms with Gasteiger partial charge in [0, 0.05) is 19.1 Å². The third-order valence-corrected chi connectivity index (χ3v) is 1.40. The molecule has 0 unspecified atom stereocenters. The second-order valence-electron chi connectivity index (χ2n) is 2.88. The summed E-state index contributed by atoms with van der Waals surface area (Å²) in [5.74, 6) is -0.250. The van der Waals surface area contributed by atoms with Crippen LogP contribution in [-0.2, 0) is 9.53 Å². The van der Waals surface area contributed by atoms with Crippen LogP contribution in [0.2, 0.25) is 0 Å². The summed E-state index contributed by atoms with van der Waals surface area (Å²) in [7, 11) is 0. The first-order chi connectivity index (χ1) is 5.14. The van der Waals surface area contributed by atoms with Crippen molar-refractivity contribution < 1.29 is 9.53 Å². The number of amides is 1. The van der Waals surface area contributed by atoms with Crippen LogP contribution in [-0.4, -0.2) is 19.1 Å². The highest BCUT2D eigenvalue weighted by Gasteiger charge is 1.96. The molecule has 1 aliphatic rings. The number of primary amides is 1. The minimum Gasteiger partial charge on any atom is -0.381 e. The van der Waals surface area contributed by atoms with Gasteiger partial charge < -0.3 is 10.5 Å². The molecular weight excluding hydrogens is 142 g/mol. The summed E-state index contributed by atoms with van der Waals surface area (Å²) in [6.07, 6.45) is 2.56. The fraction of sp³-hybridized carbons (Fsp3) is 0.875. The predicted octanol–water partition coefficient (Wildman–Crippen LogP) is 0.924. The average molecular weight is 159 g/mol. The molecule has 0 spiro atoms. The van der Waals surface area contributed by atoms with Crippen molar-refractivity contribution in [2.45, 2.75) is 26.7 Å². The highest BCUT2D eigenvalue weighted by atomic mass is 16.5. The maximum Gasteiger partial charge on any atom is 0.219 e. The van der Waals surface area contributed by atoms with Crippen molar-refractivity contribution in [2.24, 2.45) is 11.7 Å². The third kappa shape index (κ3) is 7.33. The van der Waals surface area contributed by atoms with E-state index < -0.39 is 0 Å². The van der Waals surface area contributed by atoms with Gasteiger partial charge in [-0.1, -0.05) is 13.8 Å². The van der Waals surface area contributed by atoms with Gasteiger partial charge in [-0.05, 0) is 12.8 Å². The standard InChI is InChI=1S/C4H9NO.C4H8O/c1-3(2)4(5)6;1-2-4-5-3-1/h3H,1-2H3,(H2,5,6);1-4H2. The van der Waals surface area contributed by atoms with Crippen molar-refractivity contribution in [3.8, 4) is 0 Å². The van der Waals surface area contributed by atoms with Gasteiger partial charge in [0.1, 0.15) is 0 Å². The molecule has 0 aromatic carbocycles. The first-order valence-electron chi connectivity index (χ1n) is 4.01. The lowest BCUT2D eigenvalue weighted by Crippen LogP contribution is -2.17. The lowest BCUT2D eigenvalue weighted by Gasteiger charge is -1.90. The molecule has 3 heteroatoms. The minimum absolute atomic E-state index is 0.00926. The minimum atomic E-state index is -0.241. The van der Waals surface area contributed by atoms with E-state index in [2.05, 4.69) is 0 Å². The van der Waals surface area contributed by atoms with Crippen molar-refractivity contribution in [3.63, 3.8) is 0 Å². The summed E-state index contributed by atoms with van der Waals surface area (Å²) in [4.78, 5) is 9.92. The van der Waals surface area contributed by atoms with Crippen LogP contribution in [0.4, 0.5) is 0 Å². The van der Waals surface area contributed by atoms with Crippen molar-refractivity contribution in [3.05, 3.63) is 0 Å². The van der Waals surface area contributed by atoms with E-state index in [-0.39, 0.29) is 11.8 Å². The zero-order chi connectivity index (χ0) is 8.69. The molecule has 3 nitrogen and oxygen atoms in total. The molecule has 1 heterocycles. The second kappa shape index (κ2) is 6.16. The Bertz CT molecular complexity index is 101. The molecule has 11 heavy (non-hydrogen) atoms. The van der Waals surface area contributed by atoms with Crippen LogP contribution in [0.5, 0.6) is 0 Å². The van der Waals surface area contributed by atoms with Crippen molar-refractivity contribution in [2.75, 3.05) is 13.2 Å². The van der Waals surface area contributed by atoms with Gasteiger partial charge in [0.15, 0.2) is 0 Å². The van der Waals surface area contributed by atoms with Gasteiger partial charge in [0.05, 0.1) is 0 Å². The number of carbonyl (C=O) groups excluding carboxylic acids is 1. The Morgan fingerprint density at radius 2 is 1.73 bits per heavy atom. The van der Waals surface area contributed by atoms with E-state index in [0.717, 1.165) is 13.2 Å².